The molecule has 3 heteroatoms. The fourth-order valence-corrected chi connectivity index (χ4v) is 1.24. The summed E-state index contributed by atoms with van der Waals surface area (Å²) in [7, 11) is 0. The Balaban J connectivity index is 3.13. The van der Waals surface area contributed by atoms with Crippen LogP contribution in [0.3, 0.4) is 0 Å². The Kier molecular flexibility index (Phi) is 2.94. The minimum Gasteiger partial charge on any atom is -0.399 e. The SMILES string of the molecule is Cc1ccc(N)cc1C(=O)C(C)Cl. The molecule has 13 heavy (non-hydrogen) atoms. The Morgan fingerprint density at radius 1 is 1.54 bits per heavy atom. The van der Waals surface area contributed by atoms with Gasteiger partial charge in [-0.2, -0.15) is 0 Å². The summed E-state index contributed by atoms with van der Waals surface area (Å²) in [6, 6.07) is 5.25. The third-order valence-electron chi connectivity index (χ3n) is 1.89. The van der Waals surface area contributed by atoms with Crippen molar-refractivity contribution < 1.29 is 4.79 Å². The third kappa shape index (κ3) is 2.22. The van der Waals surface area contributed by atoms with Crippen molar-refractivity contribution in [1.29, 1.82) is 0 Å². The van der Waals surface area contributed by atoms with Gasteiger partial charge in [-0.25, -0.2) is 0 Å². The molecule has 0 aromatic heterocycles. The molecule has 0 fully saturated rings. The van der Waals surface area contributed by atoms with Crippen LogP contribution in [0.4, 0.5) is 5.69 Å². The summed E-state index contributed by atoms with van der Waals surface area (Å²) in [5.41, 5.74) is 7.68. The van der Waals surface area contributed by atoms with Gasteiger partial charge in [-0.1, -0.05) is 6.07 Å². The van der Waals surface area contributed by atoms with Crippen LogP contribution in [0.25, 0.3) is 0 Å². The monoisotopic (exact) mass is 197 g/mol. The summed E-state index contributed by atoms with van der Waals surface area (Å²) in [4.78, 5) is 11.5. The molecule has 0 aliphatic carbocycles. The summed E-state index contributed by atoms with van der Waals surface area (Å²) in [6.45, 7) is 3.53. The van der Waals surface area contributed by atoms with Gasteiger partial charge in [0, 0.05) is 11.3 Å². The number of hydrogen-bond acceptors (Lipinski definition) is 2. The van der Waals surface area contributed by atoms with E-state index in [2.05, 4.69) is 0 Å². The molecule has 1 aromatic carbocycles. The van der Waals surface area contributed by atoms with E-state index in [0.29, 0.717) is 11.3 Å². The van der Waals surface area contributed by atoms with E-state index < -0.39 is 5.38 Å². The van der Waals surface area contributed by atoms with Crippen molar-refractivity contribution in [2.24, 2.45) is 0 Å². The van der Waals surface area contributed by atoms with Gasteiger partial charge in [0.1, 0.15) is 0 Å². The first-order chi connectivity index (χ1) is 6.02. The molecule has 0 saturated heterocycles. The minimum absolute atomic E-state index is 0.0773. The van der Waals surface area contributed by atoms with Crippen LogP contribution in [0, 0.1) is 6.92 Å². The first-order valence-electron chi connectivity index (χ1n) is 4.07. The van der Waals surface area contributed by atoms with E-state index in [1.54, 1.807) is 19.1 Å². The second kappa shape index (κ2) is 3.79. The number of nitrogens with two attached hydrogens (primary N) is 1. The van der Waals surface area contributed by atoms with Crippen molar-refractivity contribution in [2.45, 2.75) is 19.2 Å². The van der Waals surface area contributed by atoms with Crippen LogP contribution >= 0.6 is 11.6 Å². The summed E-state index contributed by atoms with van der Waals surface area (Å²) >= 11 is 5.70. The van der Waals surface area contributed by atoms with E-state index in [1.165, 1.54) is 0 Å². The number of rotatable bonds is 2. The number of nitrogen functional groups attached to an aromatic ring is 1. The molecule has 0 saturated carbocycles. The highest BCUT2D eigenvalue weighted by atomic mass is 35.5. The van der Waals surface area contributed by atoms with Gasteiger partial charge in [0.2, 0.25) is 0 Å². The van der Waals surface area contributed by atoms with Crippen molar-refractivity contribution in [3.05, 3.63) is 29.3 Å². The number of halogens is 1. The lowest BCUT2D eigenvalue weighted by Gasteiger charge is -2.06. The number of aryl methyl sites for hydroxylation is 1. The zero-order valence-corrected chi connectivity index (χ0v) is 8.43. The second-order valence-electron chi connectivity index (χ2n) is 3.05. The number of benzene rings is 1. The summed E-state index contributed by atoms with van der Waals surface area (Å²) in [5.74, 6) is -0.0773. The molecule has 70 valence electrons. The molecule has 0 heterocycles. The standard InChI is InChI=1S/C10H12ClNO/c1-6-3-4-8(12)5-9(6)10(13)7(2)11/h3-5,7H,12H2,1-2H3. The number of anilines is 1. The molecule has 0 aliphatic heterocycles. The molecule has 0 aliphatic rings. The van der Waals surface area contributed by atoms with Gasteiger partial charge in [-0.05, 0) is 31.5 Å². The first-order valence-corrected chi connectivity index (χ1v) is 4.50. The van der Waals surface area contributed by atoms with Crippen molar-refractivity contribution in [1.82, 2.24) is 0 Å². The lowest BCUT2D eigenvalue weighted by molar-refractivity contribution is 0.0991. The fraction of sp³-hybridized carbons (Fsp3) is 0.300. The van der Waals surface area contributed by atoms with E-state index in [-0.39, 0.29) is 5.78 Å². The van der Waals surface area contributed by atoms with Gasteiger partial charge in [0.05, 0.1) is 5.38 Å². The van der Waals surface area contributed by atoms with Crippen molar-refractivity contribution in [2.75, 3.05) is 5.73 Å². The molecule has 1 unspecified atom stereocenters. The van der Waals surface area contributed by atoms with Crippen LogP contribution in [0.2, 0.25) is 0 Å². The van der Waals surface area contributed by atoms with Crippen molar-refractivity contribution >= 4 is 23.1 Å². The Morgan fingerprint density at radius 3 is 2.69 bits per heavy atom. The Bertz CT molecular complexity index is 334. The Hall–Kier alpha value is -1.02. The van der Waals surface area contributed by atoms with Gasteiger partial charge in [-0.3, -0.25) is 4.79 Å². The largest absolute Gasteiger partial charge is 0.399 e. The maximum absolute atomic E-state index is 11.5. The first kappa shape index (κ1) is 10.1. The van der Waals surface area contributed by atoms with Crippen molar-refractivity contribution in [3.8, 4) is 0 Å². The number of hydrogen-bond donors (Lipinski definition) is 1. The molecule has 2 nitrogen and oxygen atoms in total. The number of alkyl halides is 1. The molecule has 0 spiro atoms. The van der Waals surface area contributed by atoms with Crippen LogP contribution < -0.4 is 5.73 Å². The molecule has 0 amide bonds. The van der Waals surface area contributed by atoms with Gasteiger partial charge in [0.25, 0.3) is 0 Å². The average molecular weight is 198 g/mol. The highest BCUT2D eigenvalue weighted by molar-refractivity contribution is 6.33. The number of carbonyl (C=O) groups excluding carboxylic acids is 1. The maximum atomic E-state index is 11.5. The molecule has 2 N–H and O–H groups in total. The van der Waals surface area contributed by atoms with Gasteiger partial charge in [0.15, 0.2) is 5.78 Å². The average Bonchev–Trinajstić information content (AvgIpc) is 2.08. The van der Waals surface area contributed by atoms with Gasteiger partial charge >= 0.3 is 0 Å². The topological polar surface area (TPSA) is 43.1 Å². The van der Waals surface area contributed by atoms with Crippen LogP contribution in [0.5, 0.6) is 0 Å². The zero-order valence-electron chi connectivity index (χ0n) is 7.67. The lowest BCUT2D eigenvalue weighted by Crippen LogP contribution is -2.12. The van der Waals surface area contributed by atoms with E-state index in [4.69, 9.17) is 17.3 Å². The minimum atomic E-state index is -0.500. The molecule has 0 radical (unpaired) electrons. The number of carbonyl (C=O) groups is 1. The highest BCUT2D eigenvalue weighted by Crippen LogP contribution is 2.16. The lowest BCUT2D eigenvalue weighted by atomic mass is 10.0. The predicted octanol–water partition coefficient (Wildman–Crippen LogP) is 2.39. The van der Waals surface area contributed by atoms with E-state index >= 15 is 0 Å². The maximum Gasteiger partial charge on any atom is 0.180 e. The smallest absolute Gasteiger partial charge is 0.180 e. The summed E-state index contributed by atoms with van der Waals surface area (Å²) in [6.07, 6.45) is 0. The van der Waals surface area contributed by atoms with Gasteiger partial charge in [-0.15, -0.1) is 11.6 Å². The highest BCUT2D eigenvalue weighted by Gasteiger charge is 2.14. The zero-order chi connectivity index (χ0) is 10.0. The molecular formula is C10H12ClNO. The van der Waals surface area contributed by atoms with Crippen LogP contribution in [-0.4, -0.2) is 11.2 Å². The summed E-state index contributed by atoms with van der Waals surface area (Å²) < 4.78 is 0. The third-order valence-corrected chi connectivity index (χ3v) is 2.09. The normalized spacial score (nSPS) is 12.5. The van der Waals surface area contributed by atoms with E-state index in [1.807, 2.05) is 13.0 Å². The molecule has 1 atom stereocenters. The van der Waals surface area contributed by atoms with Crippen LogP contribution in [-0.2, 0) is 0 Å². The summed E-state index contributed by atoms with van der Waals surface area (Å²) in [5, 5.41) is -0.500. The molecule has 1 rings (SSSR count). The Morgan fingerprint density at radius 2 is 2.15 bits per heavy atom. The molecule has 0 bridgehead atoms. The quantitative estimate of drug-likeness (QED) is 0.450. The number of Topliss-reactive ketones (excluding diaryl/α,β-unsaturated/α-hetero) is 1. The molecular weight excluding hydrogens is 186 g/mol. The van der Waals surface area contributed by atoms with Gasteiger partial charge < -0.3 is 5.73 Å². The second-order valence-corrected chi connectivity index (χ2v) is 3.71. The predicted molar refractivity (Wildman–Crippen MR) is 55.2 cm³/mol. The number of ketones is 1. The van der Waals surface area contributed by atoms with Crippen LogP contribution in [0.1, 0.15) is 22.8 Å². The fourth-order valence-electron chi connectivity index (χ4n) is 1.12. The van der Waals surface area contributed by atoms with E-state index in [0.717, 1.165) is 5.56 Å². The Labute approximate surface area is 82.7 Å². The van der Waals surface area contributed by atoms with Crippen molar-refractivity contribution in [3.63, 3.8) is 0 Å². The molecule has 1 aromatic rings. The van der Waals surface area contributed by atoms with E-state index in [9.17, 15) is 4.79 Å². The van der Waals surface area contributed by atoms with Crippen LogP contribution in [0.15, 0.2) is 18.2 Å².